The van der Waals surface area contributed by atoms with Crippen molar-refractivity contribution in [3.05, 3.63) is 72.3 Å². The van der Waals surface area contributed by atoms with Crippen LogP contribution in [0.1, 0.15) is 44.1 Å². The summed E-state index contributed by atoms with van der Waals surface area (Å²) in [6.07, 6.45) is 8.57. The highest BCUT2D eigenvalue weighted by molar-refractivity contribution is 8.00. The molecule has 4 fully saturated rings. The van der Waals surface area contributed by atoms with Gasteiger partial charge < -0.3 is 5.32 Å². The Labute approximate surface area is 188 Å². The predicted molar refractivity (Wildman–Crippen MR) is 130 cm³/mol. The lowest BCUT2D eigenvalue weighted by Crippen LogP contribution is -2.48. The first kappa shape index (κ1) is 19.4. The van der Waals surface area contributed by atoms with Crippen LogP contribution < -0.4 is 5.32 Å². The molecule has 4 saturated carbocycles. The first-order chi connectivity index (χ1) is 15.1. The molecule has 4 aliphatic carbocycles. The normalized spacial score (nSPS) is 28.7. The fraction of sp³-hybridized carbons (Fsp3) is 0.393. The summed E-state index contributed by atoms with van der Waals surface area (Å²) in [5.74, 6) is 3.35. The van der Waals surface area contributed by atoms with Gasteiger partial charge in [-0.25, -0.2) is 0 Å². The van der Waals surface area contributed by atoms with E-state index >= 15 is 0 Å². The summed E-state index contributed by atoms with van der Waals surface area (Å²) in [7, 11) is 0. The molecule has 0 spiro atoms. The highest BCUT2D eigenvalue weighted by atomic mass is 32.2. The Hall–Kier alpha value is -2.26. The summed E-state index contributed by atoms with van der Waals surface area (Å²) in [5.41, 5.74) is 2.84. The van der Waals surface area contributed by atoms with Crippen molar-refractivity contribution in [1.29, 1.82) is 0 Å². The second kappa shape index (κ2) is 7.70. The lowest BCUT2D eigenvalue weighted by atomic mass is 9.48. The van der Waals surface area contributed by atoms with E-state index in [1.54, 1.807) is 11.8 Å². The van der Waals surface area contributed by atoms with Gasteiger partial charge in [0.25, 0.3) is 0 Å². The minimum absolute atomic E-state index is 0.0562. The molecule has 1 N–H and O–H groups in total. The van der Waals surface area contributed by atoms with Gasteiger partial charge in [0.2, 0.25) is 5.91 Å². The third-order valence-electron chi connectivity index (χ3n) is 7.91. The number of benzene rings is 3. The maximum absolute atomic E-state index is 12.5. The van der Waals surface area contributed by atoms with Crippen LogP contribution in [0.15, 0.2) is 71.6 Å². The molecule has 0 aromatic heterocycles. The third-order valence-corrected chi connectivity index (χ3v) is 8.90. The summed E-state index contributed by atoms with van der Waals surface area (Å²) in [6, 6.07) is 23.5. The van der Waals surface area contributed by atoms with Gasteiger partial charge in [0, 0.05) is 10.6 Å². The van der Waals surface area contributed by atoms with E-state index in [2.05, 4.69) is 72.0 Å². The van der Waals surface area contributed by atoms with Crippen molar-refractivity contribution in [3.8, 4) is 0 Å². The molecule has 4 bridgehead atoms. The van der Waals surface area contributed by atoms with Crippen LogP contribution in [0.3, 0.4) is 0 Å². The van der Waals surface area contributed by atoms with Gasteiger partial charge in [0.05, 0.1) is 5.75 Å². The molecule has 158 valence electrons. The first-order valence-corrected chi connectivity index (χ1v) is 12.7. The number of carbonyl (C=O) groups is 1. The van der Waals surface area contributed by atoms with Crippen LogP contribution in [-0.4, -0.2) is 11.7 Å². The lowest BCUT2D eigenvalue weighted by Gasteiger charge is -2.57. The Bertz CT molecular complexity index is 1080. The highest BCUT2D eigenvalue weighted by Crippen LogP contribution is 2.60. The third kappa shape index (κ3) is 3.78. The van der Waals surface area contributed by atoms with Crippen LogP contribution in [0.2, 0.25) is 0 Å². The summed E-state index contributed by atoms with van der Waals surface area (Å²) in [5, 5.41) is 5.54. The molecular formula is C28H29NOS. The van der Waals surface area contributed by atoms with Crippen molar-refractivity contribution in [2.24, 2.45) is 17.8 Å². The van der Waals surface area contributed by atoms with Crippen LogP contribution >= 0.6 is 11.8 Å². The van der Waals surface area contributed by atoms with Crippen LogP contribution in [0.4, 0.5) is 5.69 Å². The van der Waals surface area contributed by atoms with E-state index in [-0.39, 0.29) is 5.91 Å². The Morgan fingerprint density at radius 1 is 0.839 bits per heavy atom. The molecule has 31 heavy (non-hydrogen) atoms. The van der Waals surface area contributed by atoms with E-state index < -0.39 is 0 Å². The molecule has 3 aromatic carbocycles. The molecule has 3 heteroatoms. The van der Waals surface area contributed by atoms with Crippen molar-refractivity contribution in [3.63, 3.8) is 0 Å². The van der Waals surface area contributed by atoms with Gasteiger partial charge in [-0.2, -0.15) is 0 Å². The van der Waals surface area contributed by atoms with Gasteiger partial charge in [-0.05, 0) is 102 Å². The standard InChI is InChI=1S/C28H29NOS/c30-27(18-31-26-10-5-22-3-1-2-4-23(22)14-26)29-25-8-6-24(7-9-25)28-15-19-11-20(16-28)13-21(12-19)17-28/h1-10,14,19-21H,11-13,15-18H2,(H,29,30). The van der Waals surface area contributed by atoms with E-state index in [1.807, 2.05) is 0 Å². The number of rotatable bonds is 5. The first-order valence-electron chi connectivity index (χ1n) is 11.7. The maximum Gasteiger partial charge on any atom is 0.234 e. The van der Waals surface area contributed by atoms with Crippen LogP contribution in [0.25, 0.3) is 10.8 Å². The molecule has 0 atom stereocenters. The van der Waals surface area contributed by atoms with Crippen LogP contribution in [-0.2, 0) is 10.2 Å². The van der Waals surface area contributed by atoms with Crippen molar-refractivity contribution < 1.29 is 4.79 Å². The van der Waals surface area contributed by atoms with Gasteiger partial charge in [0.15, 0.2) is 0 Å². The lowest BCUT2D eigenvalue weighted by molar-refractivity contribution is -0.113. The quantitative estimate of drug-likeness (QED) is 0.443. The molecular weight excluding hydrogens is 398 g/mol. The Morgan fingerprint density at radius 3 is 2.16 bits per heavy atom. The molecule has 0 radical (unpaired) electrons. The zero-order valence-corrected chi connectivity index (χ0v) is 18.7. The molecule has 1 amide bonds. The molecule has 0 saturated heterocycles. The van der Waals surface area contributed by atoms with Crippen molar-refractivity contribution >= 4 is 34.1 Å². The Morgan fingerprint density at radius 2 is 1.48 bits per heavy atom. The molecule has 0 heterocycles. The fourth-order valence-corrected chi connectivity index (χ4v) is 7.72. The van der Waals surface area contributed by atoms with Gasteiger partial charge in [-0.15, -0.1) is 11.8 Å². The smallest absolute Gasteiger partial charge is 0.234 e. The molecule has 4 aliphatic rings. The van der Waals surface area contributed by atoms with Crippen molar-refractivity contribution in [2.45, 2.75) is 48.8 Å². The number of carbonyl (C=O) groups excluding carboxylic acids is 1. The predicted octanol–water partition coefficient (Wildman–Crippen LogP) is 7.04. The number of amides is 1. The van der Waals surface area contributed by atoms with Crippen LogP contribution in [0, 0.1) is 17.8 Å². The Kier molecular flexibility index (Phi) is 4.83. The summed E-state index contributed by atoms with van der Waals surface area (Å²) >= 11 is 1.59. The van der Waals surface area contributed by atoms with E-state index in [0.717, 1.165) is 28.3 Å². The monoisotopic (exact) mass is 427 g/mol. The minimum atomic E-state index is 0.0562. The second-order valence-corrected chi connectivity index (χ2v) is 11.2. The molecule has 3 aromatic rings. The second-order valence-electron chi connectivity index (χ2n) is 10.1. The number of thioether (sulfide) groups is 1. The van der Waals surface area contributed by atoms with E-state index in [0.29, 0.717) is 11.2 Å². The minimum Gasteiger partial charge on any atom is -0.325 e. The number of anilines is 1. The molecule has 0 unspecified atom stereocenters. The SMILES string of the molecule is O=C(CSc1ccc2ccccc2c1)Nc1ccc(C23CC4CC(CC(C4)C2)C3)cc1. The van der Waals surface area contributed by atoms with E-state index in [1.165, 1.54) is 54.9 Å². The maximum atomic E-state index is 12.5. The average molecular weight is 428 g/mol. The number of nitrogens with one attached hydrogen (secondary N) is 1. The summed E-state index contributed by atoms with van der Waals surface area (Å²) < 4.78 is 0. The van der Waals surface area contributed by atoms with Gasteiger partial charge in [-0.3, -0.25) is 4.79 Å². The van der Waals surface area contributed by atoms with E-state index in [9.17, 15) is 4.79 Å². The fourth-order valence-electron chi connectivity index (χ4n) is 6.97. The zero-order chi connectivity index (χ0) is 20.8. The van der Waals surface area contributed by atoms with Crippen molar-refractivity contribution in [2.75, 3.05) is 11.1 Å². The zero-order valence-electron chi connectivity index (χ0n) is 17.8. The van der Waals surface area contributed by atoms with Gasteiger partial charge in [-0.1, -0.05) is 42.5 Å². The molecule has 7 rings (SSSR count). The largest absolute Gasteiger partial charge is 0.325 e. The van der Waals surface area contributed by atoms with Gasteiger partial charge in [0.1, 0.15) is 0 Å². The van der Waals surface area contributed by atoms with Gasteiger partial charge >= 0.3 is 0 Å². The number of hydrogen-bond donors (Lipinski definition) is 1. The highest BCUT2D eigenvalue weighted by Gasteiger charge is 2.51. The number of fused-ring (bicyclic) bond motifs is 1. The summed E-state index contributed by atoms with van der Waals surface area (Å²) in [6.45, 7) is 0. The average Bonchev–Trinajstić information content (AvgIpc) is 2.77. The summed E-state index contributed by atoms with van der Waals surface area (Å²) in [4.78, 5) is 13.7. The van der Waals surface area contributed by atoms with E-state index in [4.69, 9.17) is 0 Å². The Balaban J connectivity index is 1.09. The topological polar surface area (TPSA) is 29.1 Å². The number of hydrogen-bond acceptors (Lipinski definition) is 2. The van der Waals surface area contributed by atoms with Crippen molar-refractivity contribution in [1.82, 2.24) is 0 Å². The van der Waals surface area contributed by atoms with Crippen LogP contribution in [0.5, 0.6) is 0 Å². The molecule has 2 nitrogen and oxygen atoms in total. The molecule has 0 aliphatic heterocycles.